The van der Waals surface area contributed by atoms with Crippen molar-refractivity contribution in [2.75, 3.05) is 19.8 Å². The third-order valence-corrected chi connectivity index (χ3v) is 7.40. The number of amides is 1. The van der Waals surface area contributed by atoms with Gasteiger partial charge in [-0.1, -0.05) is 55.8 Å². The summed E-state index contributed by atoms with van der Waals surface area (Å²) in [6.07, 6.45) is 11.7. The van der Waals surface area contributed by atoms with Crippen molar-refractivity contribution in [1.29, 1.82) is 0 Å². The minimum atomic E-state index is -0.747. The number of ether oxygens (including phenoxy) is 4. The second kappa shape index (κ2) is 19.5. The van der Waals surface area contributed by atoms with E-state index in [2.05, 4.69) is 21.5 Å². The average molecular weight is 611 g/mol. The highest BCUT2D eigenvalue weighted by molar-refractivity contribution is 5.79. The molecular formula is C33H46N4O7. The molecular weight excluding hydrogens is 564 g/mol. The van der Waals surface area contributed by atoms with Crippen molar-refractivity contribution in [3.05, 3.63) is 47.8 Å². The first-order chi connectivity index (χ1) is 21.4. The van der Waals surface area contributed by atoms with Crippen LogP contribution in [0.3, 0.4) is 0 Å². The van der Waals surface area contributed by atoms with Gasteiger partial charge in [-0.25, -0.2) is 9.48 Å². The summed E-state index contributed by atoms with van der Waals surface area (Å²) >= 11 is 0. The minimum absolute atomic E-state index is 0.180. The standard InChI is InChI=1S/C33H46N4O7/c1-4-5-6-10-13-29-31(44-32(29)39)21-28(43-33(40)30(34-24-38)20-25(2)3)15-14-27-22-37(36-35-27)16-17-41-18-19-42-23-26-11-8-7-9-12-26/h1,7-9,11-12,22,24-25,28-31H,5-6,10,13-21,23H2,2-3H3,(H,34,38)/t28-,29-,30-,31-/m0/s1. The molecule has 11 nitrogen and oxygen atoms in total. The van der Waals surface area contributed by atoms with Crippen molar-refractivity contribution >= 4 is 18.3 Å². The van der Waals surface area contributed by atoms with Crippen LogP contribution in [0.1, 0.15) is 70.1 Å². The number of hydrogen-bond donors (Lipinski definition) is 1. The molecule has 1 aliphatic heterocycles. The zero-order chi connectivity index (χ0) is 31.6. The summed E-state index contributed by atoms with van der Waals surface area (Å²) in [5.41, 5.74) is 1.87. The second-order valence-corrected chi connectivity index (χ2v) is 11.5. The van der Waals surface area contributed by atoms with E-state index >= 15 is 0 Å². The summed E-state index contributed by atoms with van der Waals surface area (Å²) in [5, 5.41) is 11.0. The molecule has 0 radical (unpaired) electrons. The Kier molecular flexibility index (Phi) is 15.4. The molecule has 0 spiro atoms. The van der Waals surface area contributed by atoms with Crippen LogP contribution in [-0.4, -0.2) is 71.4 Å². The van der Waals surface area contributed by atoms with Crippen molar-refractivity contribution in [3.8, 4) is 12.3 Å². The lowest BCUT2D eigenvalue weighted by atomic mass is 9.86. The Morgan fingerprint density at radius 2 is 1.98 bits per heavy atom. The molecule has 2 heterocycles. The fraction of sp³-hybridized carbons (Fsp3) is 0.606. The van der Waals surface area contributed by atoms with Gasteiger partial charge in [-0.15, -0.1) is 17.4 Å². The van der Waals surface area contributed by atoms with Crippen LogP contribution in [-0.2, 0) is 52.9 Å². The predicted octanol–water partition coefficient (Wildman–Crippen LogP) is 3.64. The number of nitrogens with zero attached hydrogens (tertiary/aromatic N) is 3. The zero-order valence-corrected chi connectivity index (χ0v) is 25.9. The van der Waals surface area contributed by atoms with Crippen molar-refractivity contribution in [2.24, 2.45) is 11.8 Å². The normalized spacial score (nSPS) is 17.3. The van der Waals surface area contributed by atoms with Gasteiger partial charge in [-0.05, 0) is 43.6 Å². The van der Waals surface area contributed by atoms with Crippen LogP contribution < -0.4 is 5.32 Å². The molecule has 1 N–H and O–H groups in total. The van der Waals surface area contributed by atoms with Crippen molar-refractivity contribution in [2.45, 2.75) is 96.6 Å². The topological polar surface area (TPSA) is 131 Å². The number of esters is 2. The average Bonchev–Trinajstić information content (AvgIpc) is 3.46. The van der Waals surface area contributed by atoms with E-state index < -0.39 is 18.1 Å². The van der Waals surface area contributed by atoms with E-state index in [1.807, 2.05) is 50.4 Å². The van der Waals surface area contributed by atoms with E-state index in [0.717, 1.165) is 24.1 Å². The lowest BCUT2D eigenvalue weighted by Crippen LogP contribution is -2.48. The quantitative estimate of drug-likeness (QED) is 0.0867. The summed E-state index contributed by atoms with van der Waals surface area (Å²) in [4.78, 5) is 36.3. The third kappa shape index (κ3) is 12.5. The van der Waals surface area contributed by atoms with Crippen LogP contribution in [0.5, 0.6) is 0 Å². The molecule has 1 fully saturated rings. The highest BCUT2D eigenvalue weighted by Gasteiger charge is 2.43. The van der Waals surface area contributed by atoms with Crippen LogP contribution in [0.2, 0.25) is 0 Å². The number of carbonyl (C=O) groups excluding carboxylic acids is 3. The fourth-order valence-corrected chi connectivity index (χ4v) is 5.04. The highest BCUT2D eigenvalue weighted by Crippen LogP contribution is 2.32. The van der Waals surface area contributed by atoms with Gasteiger partial charge in [0.2, 0.25) is 6.41 Å². The number of unbranched alkanes of at least 4 members (excludes halogenated alkanes) is 2. The van der Waals surface area contributed by atoms with Gasteiger partial charge < -0.3 is 24.3 Å². The summed E-state index contributed by atoms with van der Waals surface area (Å²) in [5.74, 6) is 1.83. The SMILES string of the molecule is C#CCCCC[C@@H]1C(=O)O[C@H]1C[C@H](CCc1cn(CCOCCOCc2ccccc2)nn1)OC(=O)[C@H](CC(C)C)NC=O. The molecule has 1 aliphatic rings. The number of hydrogen-bond acceptors (Lipinski definition) is 9. The largest absolute Gasteiger partial charge is 0.461 e. The minimum Gasteiger partial charge on any atom is -0.461 e. The van der Waals surface area contributed by atoms with Crippen molar-refractivity contribution in [3.63, 3.8) is 0 Å². The maximum Gasteiger partial charge on any atom is 0.328 e. The predicted molar refractivity (Wildman–Crippen MR) is 163 cm³/mol. The smallest absolute Gasteiger partial charge is 0.328 e. The molecule has 44 heavy (non-hydrogen) atoms. The molecule has 0 unspecified atom stereocenters. The van der Waals surface area contributed by atoms with Gasteiger partial charge in [0.1, 0.15) is 18.2 Å². The summed E-state index contributed by atoms with van der Waals surface area (Å²) in [6, 6.07) is 9.23. The Hall–Kier alpha value is -3.75. The Morgan fingerprint density at radius 1 is 1.18 bits per heavy atom. The Balaban J connectivity index is 1.47. The first-order valence-corrected chi connectivity index (χ1v) is 15.5. The number of nitrogens with one attached hydrogen (secondary N) is 1. The van der Waals surface area contributed by atoms with E-state index in [4.69, 9.17) is 25.4 Å². The van der Waals surface area contributed by atoms with Crippen LogP contribution in [0.15, 0.2) is 36.5 Å². The van der Waals surface area contributed by atoms with E-state index in [1.54, 1.807) is 4.68 Å². The van der Waals surface area contributed by atoms with Gasteiger partial charge in [0.05, 0.1) is 44.6 Å². The van der Waals surface area contributed by atoms with Gasteiger partial charge in [0.25, 0.3) is 0 Å². The van der Waals surface area contributed by atoms with Gasteiger partial charge in [0.15, 0.2) is 0 Å². The molecule has 1 aromatic carbocycles. The Labute approximate surface area is 260 Å². The third-order valence-electron chi connectivity index (χ3n) is 7.40. The number of rotatable bonds is 23. The molecule has 1 amide bonds. The molecule has 0 bridgehead atoms. The maximum absolute atomic E-state index is 13.0. The monoisotopic (exact) mass is 610 g/mol. The number of carbonyl (C=O) groups is 3. The van der Waals surface area contributed by atoms with Crippen LogP contribution in [0, 0.1) is 24.2 Å². The Morgan fingerprint density at radius 3 is 2.70 bits per heavy atom. The van der Waals surface area contributed by atoms with Crippen LogP contribution >= 0.6 is 0 Å². The van der Waals surface area contributed by atoms with Gasteiger partial charge >= 0.3 is 11.9 Å². The van der Waals surface area contributed by atoms with E-state index in [1.165, 1.54) is 0 Å². The molecule has 4 atom stereocenters. The zero-order valence-electron chi connectivity index (χ0n) is 25.9. The van der Waals surface area contributed by atoms with E-state index in [9.17, 15) is 14.4 Å². The summed E-state index contributed by atoms with van der Waals surface area (Å²) < 4.78 is 24.4. The van der Waals surface area contributed by atoms with Gasteiger partial charge in [0, 0.05) is 19.0 Å². The molecule has 1 saturated heterocycles. The van der Waals surface area contributed by atoms with E-state index in [-0.39, 0.29) is 23.9 Å². The van der Waals surface area contributed by atoms with Crippen molar-refractivity contribution < 1.29 is 33.3 Å². The fourth-order valence-electron chi connectivity index (χ4n) is 5.04. The Bertz CT molecular complexity index is 1180. The lowest BCUT2D eigenvalue weighted by molar-refractivity contribution is -0.190. The molecule has 1 aromatic heterocycles. The molecule has 11 heteroatoms. The summed E-state index contributed by atoms with van der Waals surface area (Å²) in [7, 11) is 0. The van der Waals surface area contributed by atoms with Gasteiger partial charge in [-0.3, -0.25) is 9.59 Å². The van der Waals surface area contributed by atoms with Crippen LogP contribution in [0.4, 0.5) is 0 Å². The first kappa shape index (κ1) is 34.7. The maximum atomic E-state index is 13.0. The molecule has 240 valence electrons. The summed E-state index contributed by atoms with van der Waals surface area (Å²) in [6.45, 7) is 6.48. The molecule has 2 aromatic rings. The van der Waals surface area contributed by atoms with Crippen molar-refractivity contribution in [1.82, 2.24) is 20.3 Å². The van der Waals surface area contributed by atoms with E-state index in [0.29, 0.717) is 77.9 Å². The molecule has 0 aliphatic carbocycles. The molecule has 0 saturated carbocycles. The molecule has 3 rings (SSSR count). The number of benzene rings is 1. The first-order valence-electron chi connectivity index (χ1n) is 15.5. The number of aryl methyl sites for hydroxylation is 1. The number of terminal acetylenes is 1. The lowest BCUT2D eigenvalue weighted by Gasteiger charge is -2.37. The second-order valence-electron chi connectivity index (χ2n) is 11.5. The van der Waals surface area contributed by atoms with Gasteiger partial charge in [-0.2, -0.15) is 0 Å². The highest BCUT2D eigenvalue weighted by atomic mass is 16.6. The number of aromatic nitrogens is 3. The number of cyclic esters (lactones) is 1. The van der Waals surface area contributed by atoms with Crippen LogP contribution in [0.25, 0.3) is 0 Å².